The van der Waals surface area contributed by atoms with Crippen LogP contribution in [0.4, 0.5) is 0 Å². The number of benzene rings is 1. The van der Waals surface area contributed by atoms with Gasteiger partial charge in [-0.15, -0.1) is 0 Å². The molecule has 0 aliphatic heterocycles. The summed E-state index contributed by atoms with van der Waals surface area (Å²) in [5.74, 6) is 0.905. The van der Waals surface area contributed by atoms with E-state index in [1.165, 1.54) is 0 Å². The summed E-state index contributed by atoms with van der Waals surface area (Å²) in [5.41, 5.74) is 6.00. The molecule has 5 nitrogen and oxygen atoms in total. The topological polar surface area (TPSA) is 72.6 Å². The summed E-state index contributed by atoms with van der Waals surface area (Å²) in [5, 5.41) is 0. The Hall–Kier alpha value is -2.04. The van der Waals surface area contributed by atoms with Crippen molar-refractivity contribution in [3.05, 3.63) is 29.8 Å². The third kappa shape index (κ3) is 5.93. The third-order valence-corrected chi connectivity index (χ3v) is 3.92. The lowest BCUT2D eigenvalue weighted by Crippen LogP contribution is -2.37. The first-order valence-electron chi connectivity index (χ1n) is 8.25. The van der Waals surface area contributed by atoms with Gasteiger partial charge in [-0.1, -0.05) is 26.0 Å². The van der Waals surface area contributed by atoms with E-state index < -0.39 is 0 Å². The van der Waals surface area contributed by atoms with Crippen LogP contribution in [-0.2, 0) is 16.0 Å². The number of nitrogens with zero attached hydrogens (tertiary/aromatic N) is 1. The van der Waals surface area contributed by atoms with Crippen LogP contribution >= 0.6 is 0 Å². The van der Waals surface area contributed by atoms with Crippen LogP contribution in [0.2, 0.25) is 0 Å². The second-order valence-electron chi connectivity index (χ2n) is 6.58. The molecule has 0 unspecified atom stereocenters. The van der Waals surface area contributed by atoms with Gasteiger partial charge in [0.1, 0.15) is 5.75 Å². The van der Waals surface area contributed by atoms with E-state index in [-0.39, 0.29) is 24.8 Å². The molecule has 5 heteroatoms. The second-order valence-corrected chi connectivity index (χ2v) is 6.58. The van der Waals surface area contributed by atoms with Gasteiger partial charge in [0, 0.05) is 12.6 Å². The normalized spacial score (nSPS) is 13.9. The van der Waals surface area contributed by atoms with Crippen molar-refractivity contribution in [1.82, 2.24) is 4.90 Å². The fourth-order valence-corrected chi connectivity index (χ4v) is 2.43. The summed E-state index contributed by atoms with van der Waals surface area (Å²) in [7, 11) is 0. The Balaban J connectivity index is 1.83. The Labute approximate surface area is 137 Å². The first-order chi connectivity index (χ1) is 11.0. The van der Waals surface area contributed by atoms with Gasteiger partial charge in [-0.3, -0.25) is 9.59 Å². The number of ether oxygens (including phenoxy) is 1. The molecule has 1 aromatic rings. The van der Waals surface area contributed by atoms with Crippen LogP contribution in [0, 0.1) is 5.92 Å². The van der Waals surface area contributed by atoms with Crippen LogP contribution < -0.4 is 10.5 Å². The van der Waals surface area contributed by atoms with Gasteiger partial charge in [0.05, 0.1) is 6.42 Å². The van der Waals surface area contributed by atoms with Crippen LogP contribution in [0.15, 0.2) is 24.3 Å². The largest absolute Gasteiger partial charge is 0.484 e. The standard InChI is InChI=1S/C18H26N2O3/c1-13(2)9-10-20(15-5-6-15)18(22)12-23-16-7-3-14(4-8-16)11-17(19)21/h3-4,7-8,13,15H,5-6,9-12H2,1-2H3,(H2,19,21). The van der Waals surface area contributed by atoms with Crippen molar-refractivity contribution in [2.24, 2.45) is 11.7 Å². The molecule has 1 aliphatic carbocycles. The summed E-state index contributed by atoms with van der Waals surface area (Å²) >= 11 is 0. The number of carbonyl (C=O) groups is 2. The Bertz CT molecular complexity index is 536. The zero-order chi connectivity index (χ0) is 16.8. The zero-order valence-corrected chi connectivity index (χ0v) is 14.0. The SMILES string of the molecule is CC(C)CCN(C(=O)COc1ccc(CC(N)=O)cc1)C1CC1. The molecular formula is C18H26N2O3. The first-order valence-corrected chi connectivity index (χ1v) is 8.25. The number of amides is 2. The van der Waals surface area contributed by atoms with Crippen molar-refractivity contribution >= 4 is 11.8 Å². The van der Waals surface area contributed by atoms with E-state index in [1.807, 2.05) is 4.90 Å². The summed E-state index contributed by atoms with van der Waals surface area (Å²) < 4.78 is 5.59. The van der Waals surface area contributed by atoms with E-state index in [2.05, 4.69) is 13.8 Å². The highest BCUT2D eigenvalue weighted by molar-refractivity contribution is 5.78. The minimum Gasteiger partial charge on any atom is -0.484 e. The van der Waals surface area contributed by atoms with Crippen LogP contribution in [0.25, 0.3) is 0 Å². The molecule has 1 fully saturated rings. The number of carbonyl (C=O) groups excluding carboxylic acids is 2. The Morgan fingerprint density at radius 1 is 1.26 bits per heavy atom. The molecule has 0 atom stereocenters. The predicted molar refractivity (Wildman–Crippen MR) is 89.0 cm³/mol. The minimum absolute atomic E-state index is 0.0503. The summed E-state index contributed by atoms with van der Waals surface area (Å²) in [4.78, 5) is 25.2. The number of hydrogen-bond acceptors (Lipinski definition) is 3. The van der Waals surface area contributed by atoms with E-state index in [4.69, 9.17) is 10.5 Å². The lowest BCUT2D eigenvalue weighted by molar-refractivity contribution is -0.134. The molecule has 0 radical (unpaired) electrons. The van der Waals surface area contributed by atoms with Crippen molar-refractivity contribution < 1.29 is 14.3 Å². The molecular weight excluding hydrogens is 292 g/mol. The Kier molecular flexibility index (Phi) is 6.02. The van der Waals surface area contributed by atoms with Gasteiger partial charge >= 0.3 is 0 Å². The third-order valence-electron chi connectivity index (χ3n) is 3.92. The van der Waals surface area contributed by atoms with Crippen molar-refractivity contribution in [3.63, 3.8) is 0 Å². The van der Waals surface area contributed by atoms with Gasteiger partial charge in [-0.05, 0) is 42.9 Å². The monoisotopic (exact) mass is 318 g/mol. The molecule has 1 aromatic carbocycles. The van der Waals surface area contributed by atoms with Crippen molar-refractivity contribution in [1.29, 1.82) is 0 Å². The summed E-state index contributed by atoms with van der Waals surface area (Å²) in [6.45, 7) is 5.20. The van der Waals surface area contributed by atoms with E-state index in [0.717, 1.165) is 31.4 Å². The zero-order valence-electron chi connectivity index (χ0n) is 14.0. The van der Waals surface area contributed by atoms with Crippen molar-refractivity contribution in [3.8, 4) is 5.75 Å². The van der Waals surface area contributed by atoms with Crippen molar-refractivity contribution in [2.75, 3.05) is 13.2 Å². The summed E-state index contributed by atoms with van der Waals surface area (Å²) in [6, 6.07) is 7.52. The number of hydrogen-bond donors (Lipinski definition) is 1. The lowest BCUT2D eigenvalue weighted by atomic mass is 10.1. The smallest absolute Gasteiger partial charge is 0.260 e. The Morgan fingerprint density at radius 2 is 1.91 bits per heavy atom. The average Bonchev–Trinajstić information content (AvgIpc) is 3.30. The molecule has 2 N–H and O–H groups in total. The highest BCUT2D eigenvalue weighted by Gasteiger charge is 2.32. The lowest BCUT2D eigenvalue weighted by Gasteiger charge is -2.23. The number of primary amides is 1. The van der Waals surface area contributed by atoms with Crippen LogP contribution in [-0.4, -0.2) is 35.9 Å². The first kappa shape index (κ1) is 17.3. The van der Waals surface area contributed by atoms with Crippen molar-refractivity contribution in [2.45, 2.75) is 45.6 Å². The molecule has 0 bridgehead atoms. The molecule has 0 saturated heterocycles. The van der Waals surface area contributed by atoms with E-state index >= 15 is 0 Å². The summed E-state index contributed by atoms with van der Waals surface area (Å²) in [6.07, 6.45) is 3.44. The predicted octanol–water partition coefficient (Wildman–Crippen LogP) is 2.13. The maximum absolute atomic E-state index is 12.4. The fourth-order valence-electron chi connectivity index (χ4n) is 2.43. The molecule has 2 amide bonds. The second kappa shape index (κ2) is 7.99. The Morgan fingerprint density at radius 3 is 2.43 bits per heavy atom. The van der Waals surface area contributed by atoms with E-state index in [0.29, 0.717) is 17.7 Å². The molecule has 2 rings (SSSR count). The van der Waals surface area contributed by atoms with Crippen LogP contribution in [0.3, 0.4) is 0 Å². The van der Waals surface area contributed by atoms with Gasteiger partial charge < -0.3 is 15.4 Å². The number of rotatable bonds is 9. The molecule has 0 spiro atoms. The number of nitrogens with two attached hydrogens (primary N) is 1. The maximum Gasteiger partial charge on any atom is 0.260 e. The van der Waals surface area contributed by atoms with E-state index in [1.54, 1.807) is 24.3 Å². The highest BCUT2D eigenvalue weighted by atomic mass is 16.5. The molecule has 1 aliphatic rings. The van der Waals surface area contributed by atoms with Gasteiger partial charge in [0.25, 0.3) is 5.91 Å². The van der Waals surface area contributed by atoms with Gasteiger partial charge in [-0.25, -0.2) is 0 Å². The molecule has 1 saturated carbocycles. The van der Waals surface area contributed by atoms with Gasteiger partial charge in [0.2, 0.25) is 5.91 Å². The maximum atomic E-state index is 12.4. The van der Waals surface area contributed by atoms with Crippen LogP contribution in [0.5, 0.6) is 5.75 Å². The van der Waals surface area contributed by atoms with E-state index in [9.17, 15) is 9.59 Å². The average molecular weight is 318 g/mol. The minimum atomic E-state index is -0.362. The van der Waals surface area contributed by atoms with Crippen LogP contribution in [0.1, 0.15) is 38.7 Å². The molecule has 23 heavy (non-hydrogen) atoms. The van der Waals surface area contributed by atoms with Gasteiger partial charge in [0.15, 0.2) is 6.61 Å². The quantitative estimate of drug-likeness (QED) is 0.758. The highest BCUT2D eigenvalue weighted by Crippen LogP contribution is 2.27. The molecule has 0 heterocycles. The van der Waals surface area contributed by atoms with Gasteiger partial charge in [-0.2, -0.15) is 0 Å². The molecule has 0 aromatic heterocycles. The fraction of sp³-hybridized carbons (Fsp3) is 0.556. The molecule has 126 valence electrons.